The lowest BCUT2D eigenvalue weighted by molar-refractivity contribution is -0.139. The largest absolute Gasteiger partial charge is 0.355 e. The van der Waals surface area contributed by atoms with E-state index in [9.17, 15) is 18.0 Å². The summed E-state index contributed by atoms with van der Waals surface area (Å²) in [6, 6.07) is 12.9. The highest BCUT2D eigenvalue weighted by Gasteiger charge is 2.30. The first-order valence-electron chi connectivity index (χ1n) is 9.59. The molecule has 2 aromatic carbocycles. The predicted octanol–water partition coefficient (Wildman–Crippen LogP) is 3.31. The van der Waals surface area contributed by atoms with Crippen LogP contribution in [0.2, 0.25) is 10.0 Å². The molecule has 0 aromatic heterocycles. The normalized spacial score (nSPS) is 12.2. The van der Waals surface area contributed by atoms with Gasteiger partial charge in [0, 0.05) is 13.1 Å². The van der Waals surface area contributed by atoms with Crippen molar-refractivity contribution in [2.75, 3.05) is 23.7 Å². The van der Waals surface area contributed by atoms with Crippen LogP contribution in [0.5, 0.6) is 0 Å². The van der Waals surface area contributed by atoms with Crippen LogP contribution in [0.3, 0.4) is 0 Å². The molecule has 2 aromatic rings. The fourth-order valence-corrected chi connectivity index (χ4v) is 4.27. The third-order valence-electron chi connectivity index (χ3n) is 4.59. The van der Waals surface area contributed by atoms with Crippen molar-refractivity contribution in [3.05, 3.63) is 64.1 Å². The van der Waals surface area contributed by atoms with Crippen molar-refractivity contribution in [1.82, 2.24) is 10.2 Å². The fourth-order valence-electron chi connectivity index (χ4n) is 2.96. The van der Waals surface area contributed by atoms with E-state index in [1.807, 2.05) is 30.3 Å². The topological polar surface area (TPSA) is 86.8 Å². The summed E-state index contributed by atoms with van der Waals surface area (Å²) < 4.78 is 25.9. The minimum atomic E-state index is -3.87. The molecule has 2 amide bonds. The third kappa shape index (κ3) is 6.59. The summed E-state index contributed by atoms with van der Waals surface area (Å²) in [6.07, 6.45) is 0.978. The number of hydrogen-bond acceptors (Lipinski definition) is 4. The molecule has 0 aliphatic carbocycles. The molecule has 0 heterocycles. The minimum absolute atomic E-state index is 0.0220. The summed E-state index contributed by atoms with van der Waals surface area (Å²) in [5.74, 6) is -0.887. The molecule has 0 fully saturated rings. The van der Waals surface area contributed by atoms with Crippen molar-refractivity contribution in [2.24, 2.45) is 0 Å². The Bertz CT molecular complexity index is 1030. The second-order valence-corrected chi connectivity index (χ2v) is 9.61. The molecular weight excluding hydrogens is 461 g/mol. The van der Waals surface area contributed by atoms with Crippen molar-refractivity contribution < 1.29 is 18.0 Å². The number of rotatable bonds is 9. The number of likely N-dealkylation sites (N-methyl/N-ethyl adjacent to an activating group) is 1. The number of benzene rings is 2. The van der Waals surface area contributed by atoms with E-state index >= 15 is 0 Å². The molecule has 7 nitrogen and oxygen atoms in total. The maximum atomic E-state index is 13.3. The highest BCUT2D eigenvalue weighted by molar-refractivity contribution is 7.92. The Hall–Kier alpha value is -2.29. The van der Waals surface area contributed by atoms with Crippen molar-refractivity contribution >= 4 is 50.7 Å². The van der Waals surface area contributed by atoms with Gasteiger partial charge in [0.2, 0.25) is 21.8 Å². The molecule has 0 saturated heterocycles. The molecule has 1 N–H and O–H groups in total. The molecular formula is C21H25Cl2N3O4S. The molecule has 0 unspecified atom stereocenters. The zero-order chi connectivity index (χ0) is 23.2. The number of nitrogens with zero attached hydrogens (tertiary/aromatic N) is 2. The van der Waals surface area contributed by atoms with Crippen LogP contribution in [0.1, 0.15) is 19.4 Å². The van der Waals surface area contributed by atoms with E-state index in [0.29, 0.717) is 6.54 Å². The summed E-state index contributed by atoms with van der Waals surface area (Å²) in [6.45, 7) is 3.39. The van der Waals surface area contributed by atoms with Crippen LogP contribution in [0, 0.1) is 0 Å². The monoisotopic (exact) mass is 485 g/mol. The summed E-state index contributed by atoms with van der Waals surface area (Å²) in [5, 5.41) is 2.88. The maximum absolute atomic E-state index is 13.3. The lowest BCUT2D eigenvalue weighted by Crippen LogP contribution is -2.51. The Morgan fingerprint density at radius 2 is 1.71 bits per heavy atom. The van der Waals surface area contributed by atoms with Gasteiger partial charge in [-0.15, -0.1) is 0 Å². The zero-order valence-electron chi connectivity index (χ0n) is 17.5. The first kappa shape index (κ1) is 25.0. The molecule has 0 aliphatic rings. The number of sulfonamides is 1. The van der Waals surface area contributed by atoms with Crippen molar-refractivity contribution in [3.63, 3.8) is 0 Å². The highest BCUT2D eigenvalue weighted by Crippen LogP contribution is 2.33. The van der Waals surface area contributed by atoms with Crippen molar-refractivity contribution in [2.45, 2.75) is 26.4 Å². The number of carbonyl (C=O) groups excluding carboxylic acids is 2. The van der Waals surface area contributed by atoms with Gasteiger partial charge in [-0.1, -0.05) is 59.6 Å². The van der Waals surface area contributed by atoms with Gasteiger partial charge in [-0.2, -0.15) is 0 Å². The summed E-state index contributed by atoms with van der Waals surface area (Å²) in [4.78, 5) is 27.1. The van der Waals surface area contributed by atoms with Gasteiger partial charge in [-0.25, -0.2) is 8.42 Å². The van der Waals surface area contributed by atoms with Gasteiger partial charge in [0.1, 0.15) is 12.6 Å². The van der Waals surface area contributed by atoms with Gasteiger partial charge >= 0.3 is 0 Å². The molecule has 0 radical (unpaired) electrons. The second-order valence-electron chi connectivity index (χ2n) is 6.92. The van der Waals surface area contributed by atoms with Crippen LogP contribution in [0.15, 0.2) is 48.5 Å². The van der Waals surface area contributed by atoms with E-state index in [2.05, 4.69) is 5.32 Å². The van der Waals surface area contributed by atoms with Gasteiger partial charge in [0.25, 0.3) is 0 Å². The first-order chi connectivity index (χ1) is 14.6. The smallest absolute Gasteiger partial charge is 0.244 e. The molecule has 0 aliphatic heterocycles. The standard InChI is InChI=1S/C21H25Cl2N3O4S/c1-4-24-21(28)15(2)25(13-16-9-6-5-7-10-16)19(27)14-26(31(3,29)30)18-12-8-11-17(22)20(18)23/h5-12,15H,4,13-14H2,1-3H3,(H,24,28)/t15-/m1/s1. The van der Waals surface area contributed by atoms with Gasteiger partial charge < -0.3 is 10.2 Å². The van der Waals surface area contributed by atoms with Crippen molar-refractivity contribution in [1.29, 1.82) is 0 Å². The molecule has 10 heteroatoms. The predicted molar refractivity (Wildman–Crippen MR) is 124 cm³/mol. The Kier molecular flexibility index (Phi) is 8.73. The van der Waals surface area contributed by atoms with E-state index in [1.165, 1.54) is 17.0 Å². The molecule has 168 valence electrons. The Labute approximate surface area is 193 Å². The molecule has 31 heavy (non-hydrogen) atoms. The van der Waals surface area contributed by atoms with E-state index in [1.54, 1.807) is 19.9 Å². The first-order valence-corrected chi connectivity index (χ1v) is 12.2. The zero-order valence-corrected chi connectivity index (χ0v) is 19.8. The van der Waals surface area contributed by atoms with Gasteiger partial charge in [0.15, 0.2) is 0 Å². The van der Waals surface area contributed by atoms with Crippen LogP contribution >= 0.6 is 23.2 Å². The lowest BCUT2D eigenvalue weighted by atomic mass is 10.1. The maximum Gasteiger partial charge on any atom is 0.244 e. The summed E-state index contributed by atoms with van der Waals surface area (Å²) >= 11 is 12.3. The number of nitrogens with one attached hydrogen (secondary N) is 1. The van der Waals surface area contributed by atoms with Gasteiger partial charge in [0.05, 0.1) is 22.0 Å². The quantitative estimate of drug-likeness (QED) is 0.589. The van der Waals surface area contributed by atoms with E-state index in [0.717, 1.165) is 16.1 Å². The number of anilines is 1. The highest BCUT2D eigenvalue weighted by atomic mass is 35.5. The van der Waals surface area contributed by atoms with E-state index in [4.69, 9.17) is 23.2 Å². The molecule has 1 atom stereocenters. The number of carbonyl (C=O) groups is 2. The fraction of sp³-hybridized carbons (Fsp3) is 0.333. The van der Waals surface area contributed by atoms with Crippen LogP contribution < -0.4 is 9.62 Å². The van der Waals surface area contributed by atoms with E-state index < -0.39 is 28.5 Å². The Morgan fingerprint density at radius 3 is 2.29 bits per heavy atom. The van der Waals surface area contributed by atoms with Crippen LogP contribution in [-0.4, -0.2) is 50.5 Å². The minimum Gasteiger partial charge on any atom is -0.355 e. The molecule has 0 spiro atoms. The molecule has 2 rings (SSSR count). The van der Waals surface area contributed by atoms with Gasteiger partial charge in [-0.3, -0.25) is 13.9 Å². The van der Waals surface area contributed by atoms with Gasteiger partial charge in [-0.05, 0) is 31.5 Å². The van der Waals surface area contributed by atoms with Crippen LogP contribution in [0.4, 0.5) is 5.69 Å². The number of halogens is 2. The average Bonchev–Trinajstić information content (AvgIpc) is 2.72. The van der Waals surface area contributed by atoms with Crippen LogP contribution in [-0.2, 0) is 26.2 Å². The van der Waals surface area contributed by atoms with Crippen LogP contribution in [0.25, 0.3) is 0 Å². The molecule has 0 saturated carbocycles. The number of amides is 2. The SMILES string of the molecule is CCNC(=O)[C@@H](C)N(Cc1ccccc1)C(=O)CN(c1cccc(Cl)c1Cl)S(C)(=O)=O. The van der Waals surface area contributed by atoms with Crippen molar-refractivity contribution in [3.8, 4) is 0 Å². The lowest BCUT2D eigenvalue weighted by Gasteiger charge is -2.31. The third-order valence-corrected chi connectivity index (χ3v) is 6.53. The summed E-state index contributed by atoms with van der Waals surface area (Å²) in [7, 11) is -3.87. The Morgan fingerprint density at radius 1 is 1.06 bits per heavy atom. The Balaban J connectivity index is 2.41. The molecule has 0 bridgehead atoms. The summed E-state index contributed by atoms with van der Waals surface area (Å²) in [5.41, 5.74) is 0.897. The number of hydrogen-bond donors (Lipinski definition) is 1. The van der Waals surface area contributed by atoms with E-state index in [-0.39, 0.29) is 28.2 Å². The average molecular weight is 486 g/mol. The second kappa shape index (κ2) is 10.8.